The van der Waals surface area contributed by atoms with Gasteiger partial charge in [0.05, 0.1) is 11.6 Å². The molecule has 160 valence electrons. The Morgan fingerprint density at radius 1 is 1.33 bits per heavy atom. The molecule has 1 aromatic carbocycles. The zero-order chi connectivity index (χ0) is 21.8. The van der Waals surface area contributed by atoms with Crippen LogP contribution in [0.4, 0.5) is 10.1 Å². The summed E-state index contributed by atoms with van der Waals surface area (Å²) in [6.07, 6.45) is 2.35. The molecule has 6 N–H and O–H groups in total. The van der Waals surface area contributed by atoms with Crippen molar-refractivity contribution in [3.8, 4) is 0 Å². The number of hydrogen-bond acceptors (Lipinski definition) is 5. The number of H-pyrrole nitrogens is 1. The number of halogens is 1. The third kappa shape index (κ3) is 4.59. The molecule has 1 unspecified atom stereocenters. The number of benzene rings is 1. The first-order valence-electron chi connectivity index (χ1n) is 9.69. The fraction of sp³-hybridized carbons (Fsp3) is 0.333. The Balaban J connectivity index is 1.67. The van der Waals surface area contributed by atoms with Crippen molar-refractivity contribution >= 4 is 29.2 Å². The van der Waals surface area contributed by atoms with Crippen LogP contribution in [0.2, 0.25) is 0 Å². The van der Waals surface area contributed by atoms with Gasteiger partial charge in [0.15, 0.2) is 0 Å². The number of aromatic amines is 1. The molecule has 0 bridgehead atoms. The van der Waals surface area contributed by atoms with E-state index in [0.29, 0.717) is 41.2 Å². The number of carbonyl (C=O) groups excluding carboxylic acids is 2. The van der Waals surface area contributed by atoms with Crippen LogP contribution in [0.3, 0.4) is 0 Å². The van der Waals surface area contributed by atoms with E-state index in [-0.39, 0.29) is 17.9 Å². The molecule has 0 spiro atoms. The fourth-order valence-corrected chi connectivity index (χ4v) is 3.20. The van der Waals surface area contributed by atoms with Crippen molar-refractivity contribution in [3.05, 3.63) is 52.6 Å². The summed E-state index contributed by atoms with van der Waals surface area (Å²) in [6.45, 7) is 4.32. The molecule has 9 heteroatoms. The molecule has 1 aliphatic rings. The second-order valence-electron chi connectivity index (χ2n) is 7.14. The zero-order valence-corrected chi connectivity index (χ0v) is 17.1. The number of aliphatic hydroxyl groups is 1. The molecule has 2 amide bonds. The standard InChI is InChI=1S/C21H26FN5O3/c1-11-16(20(29)25-7-6-24-19(28)12(2)23-3)10-26-18(11)9-15-14-8-13(22)4-5-17(14)27-21(15)30/h4-5,8-10,12,20,23,25-26,29H,6-7H2,1-3H3,(H,24,28)(H,27,30)/b15-9-/t12-,20?/m0/s1. The second-order valence-corrected chi connectivity index (χ2v) is 7.14. The summed E-state index contributed by atoms with van der Waals surface area (Å²) in [5.41, 5.74) is 3.44. The fourth-order valence-electron chi connectivity index (χ4n) is 3.20. The summed E-state index contributed by atoms with van der Waals surface area (Å²) in [4.78, 5) is 27.0. The van der Waals surface area contributed by atoms with E-state index < -0.39 is 12.0 Å². The minimum atomic E-state index is -0.950. The van der Waals surface area contributed by atoms with Gasteiger partial charge >= 0.3 is 0 Å². The lowest BCUT2D eigenvalue weighted by atomic mass is 10.0. The molecule has 30 heavy (non-hydrogen) atoms. The zero-order valence-electron chi connectivity index (χ0n) is 17.1. The maximum absolute atomic E-state index is 13.6. The quantitative estimate of drug-likeness (QED) is 0.220. The molecular weight excluding hydrogens is 389 g/mol. The van der Waals surface area contributed by atoms with E-state index in [1.807, 2.05) is 6.92 Å². The number of amides is 2. The first-order chi connectivity index (χ1) is 14.3. The van der Waals surface area contributed by atoms with E-state index in [2.05, 4.69) is 26.3 Å². The summed E-state index contributed by atoms with van der Waals surface area (Å²) in [5.74, 6) is -0.848. The monoisotopic (exact) mass is 415 g/mol. The Morgan fingerprint density at radius 3 is 2.83 bits per heavy atom. The van der Waals surface area contributed by atoms with Gasteiger partial charge in [-0.3, -0.25) is 14.9 Å². The van der Waals surface area contributed by atoms with E-state index in [1.54, 1.807) is 26.2 Å². The molecule has 1 aromatic heterocycles. The number of anilines is 1. The summed E-state index contributed by atoms with van der Waals surface area (Å²) in [6, 6.07) is 3.85. The highest BCUT2D eigenvalue weighted by Gasteiger charge is 2.25. The summed E-state index contributed by atoms with van der Waals surface area (Å²) >= 11 is 0. The molecule has 2 atom stereocenters. The number of likely N-dealkylation sites (N-methyl/N-ethyl adjacent to an activating group) is 1. The lowest BCUT2D eigenvalue weighted by Crippen LogP contribution is -2.43. The molecule has 0 aliphatic carbocycles. The predicted molar refractivity (Wildman–Crippen MR) is 113 cm³/mol. The maximum Gasteiger partial charge on any atom is 0.256 e. The van der Waals surface area contributed by atoms with Crippen LogP contribution >= 0.6 is 0 Å². The average molecular weight is 415 g/mol. The third-order valence-electron chi connectivity index (χ3n) is 5.16. The molecule has 0 saturated carbocycles. The van der Waals surface area contributed by atoms with Gasteiger partial charge in [-0.1, -0.05) is 0 Å². The van der Waals surface area contributed by atoms with Crippen LogP contribution in [0.5, 0.6) is 0 Å². The van der Waals surface area contributed by atoms with Crippen molar-refractivity contribution < 1.29 is 19.1 Å². The van der Waals surface area contributed by atoms with Gasteiger partial charge in [-0.25, -0.2) is 4.39 Å². The molecule has 8 nitrogen and oxygen atoms in total. The van der Waals surface area contributed by atoms with E-state index in [1.165, 1.54) is 18.2 Å². The molecule has 2 aromatic rings. The Hall–Kier alpha value is -3.01. The summed E-state index contributed by atoms with van der Waals surface area (Å²) in [5, 5.41) is 21.7. The van der Waals surface area contributed by atoms with Gasteiger partial charge in [0, 0.05) is 41.8 Å². The molecule has 2 heterocycles. The van der Waals surface area contributed by atoms with Gasteiger partial charge in [-0.15, -0.1) is 0 Å². The topological polar surface area (TPSA) is 118 Å². The molecule has 0 fully saturated rings. The minimum absolute atomic E-state index is 0.118. The van der Waals surface area contributed by atoms with Gasteiger partial charge in [-0.05, 0) is 50.7 Å². The number of nitrogens with one attached hydrogen (secondary N) is 5. The van der Waals surface area contributed by atoms with Crippen molar-refractivity contribution in [2.24, 2.45) is 0 Å². The smallest absolute Gasteiger partial charge is 0.256 e. The van der Waals surface area contributed by atoms with Gasteiger partial charge in [0.1, 0.15) is 12.0 Å². The van der Waals surface area contributed by atoms with Crippen LogP contribution in [-0.4, -0.2) is 48.1 Å². The maximum atomic E-state index is 13.6. The number of aromatic nitrogens is 1. The van der Waals surface area contributed by atoms with Gasteiger partial charge < -0.3 is 26.0 Å². The van der Waals surface area contributed by atoms with Crippen LogP contribution in [0.25, 0.3) is 11.6 Å². The highest BCUT2D eigenvalue weighted by atomic mass is 19.1. The van der Waals surface area contributed by atoms with Crippen molar-refractivity contribution in [3.63, 3.8) is 0 Å². The van der Waals surface area contributed by atoms with Crippen molar-refractivity contribution in [2.45, 2.75) is 26.1 Å². The van der Waals surface area contributed by atoms with E-state index in [0.717, 1.165) is 5.56 Å². The average Bonchev–Trinajstić information content (AvgIpc) is 3.24. The van der Waals surface area contributed by atoms with Gasteiger partial charge in [0.2, 0.25) is 5.91 Å². The molecule has 1 aliphatic heterocycles. The number of rotatable bonds is 8. The number of aliphatic hydroxyl groups excluding tert-OH is 1. The van der Waals surface area contributed by atoms with Gasteiger partial charge in [-0.2, -0.15) is 0 Å². The van der Waals surface area contributed by atoms with Crippen molar-refractivity contribution in [2.75, 3.05) is 25.5 Å². The van der Waals surface area contributed by atoms with Crippen LogP contribution in [0.1, 0.15) is 35.5 Å². The lowest BCUT2D eigenvalue weighted by Gasteiger charge is -2.15. The van der Waals surface area contributed by atoms with E-state index in [9.17, 15) is 19.1 Å². The summed E-state index contributed by atoms with van der Waals surface area (Å²) < 4.78 is 13.6. The molecule has 0 radical (unpaired) electrons. The lowest BCUT2D eigenvalue weighted by molar-refractivity contribution is -0.122. The Kier molecular flexibility index (Phi) is 6.66. The predicted octanol–water partition coefficient (Wildman–Crippen LogP) is 1.26. The Labute approximate surface area is 173 Å². The van der Waals surface area contributed by atoms with Crippen LogP contribution in [0, 0.1) is 12.7 Å². The van der Waals surface area contributed by atoms with Crippen molar-refractivity contribution in [1.82, 2.24) is 20.9 Å². The minimum Gasteiger partial charge on any atom is -0.374 e. The third-order valence-corrected chi connectivity index (χ3v) is 5.16. The largest absolute Gasteiger partial charge is 0.374 e. The number of carbonyl (C=O) groups is 2. The second kappa shape index (κ2) is 9.21. The van der Waals surface area contributed by atoms with Crippen molar-refractivity contribution in [1.29, 1.82) is 0 Å². The highest BCUT2D eigenvalue weighted by Crippen LogP contribution is 2.34. The van der Waals surface area contributed by atoms with Gasteiger partial charge in [0.25, 0.3) is 5.91 Å². The first kappa shape index (κ1) is 21.7. The van der Waals surface area contributed by atoms with E-state index in [4.69, 9.17) is 0 Å². The van der Waals surface area contributed by atoms with Crippen LogP contribution < -0.4 is 21.3 Å². The molecular formula is C21H26FN5O3. The summed E-state index contributed by atoms with van der Waals surface area (Å²) in [7, 11) is 1.71. The Morgan fingerprint density at radius 2 is 2.10 bits per heavy atom. The first-order valence-corrected chi connectivity index (χ1v) is 9.69. The number of hydrogen-bond donors (Lipinski definition) is 6. The normalized spacial score (nSPS) is 16.3. The van der Waals surface area contributed by atoms with Crippen LogP contribution in [0.15, 0.2) is 24.4 Å². The van der Waals surface area contributed by atoms with E-state index >= 15 is 0 Å². The molecule has 0 saturated heterocycles. The Bertz CT molecular complexity index is 985. The van der Waals surface area contributed by atoms with Crippen LogP contribution in [-0.2, 0) is 9.59 Å². The number of fused-ring (bicyclic) bond motifs is 1. The SMILES string of the molecule is CN[C@@H](C)C(=O)NCCNC(O)c1c[nH]c(/C=C2\C(=O)Nc3ccc(F)cc32)c1C. The molecule has 3 rings (SSSR count). The highest BCUT2D eigenvalue weighted by molar-refractivity contribution is 6.34.